The molecule has 0 atom stereocenters. The minimum absolute atomic E-state index is 0.315. The number of rotatable bonds is 6. The van der Waals surface area contributed by atoms with Gasteiger partial charge in [0.15, 0.2) is 0 Å². The normalized spacial score (nSPS) is 21.8. The maximum absolute atomic E-state index is 2.76. The fourth-order valence-corrected chi connectivity index (χ4v) is 11.8. The van der Waals surface area contributed by atoms with Crippen molar-refractivity contribution >= 4 is 0 Å². The lowest BCUT2D eigenvalue weighted by molar-refractivity contribution is 0.433. The largest absolute Gasteiger partial charge is 0.0714 e. The van der Waals surface area contributed by atoms with Gasteiger partial charge in [-0.1, -0.05) is 161 Å². The highest BCUT2D eigenvalue weighted by Gasteiger charge is 2.47. The molecule has 0 heterocycles. The molecule has 0 bridgehead atoms. The number of hydrogen-bond donors (Lipinski definition) is 0. The molecule has 0 spiro atoms. The van der Waals surface area contributed by atoms with Gasteiger partial charge < -0.3 is 0 Å². The Labute approximate surface area is 309 Å². The zero-order valence-electron chi connectivity index (χ0n) is 31.9. The van der Waals surface area contributed by atoms with Crippen molar-refractivity contribution in [3.63, 3.8) is 0 Å². The minimum Gasteiger partial charge on any atom is -0.0587 e. The van der Waals surface area contributed by atoms with Gasteiger partial charge in [-0.3, -0.25) is 0 Å². The Morgan fingerprint density at radius 2 is 0.647 bits per heavy atom. The SMILES string of the molecule is Cc1ccc2c(c1)C(c1cc(C3CCCCC3)cc(C3CCCCC3)c1)(c1cc(C3CCCCC3)cc(C3CCCCC3)c1)c1cc(C)ccc1-2. The van der Waals surface area contributed by atoms with Crippen LogP contribution < -0.4 is 0 Å². The van der Waals surface area contributed by atoms with Crippen LogP contribution >= 0.6 is 0 Å². The van der Waals surface area contributed by atoms with Crippen molar-refractivity contribution in [3.8, 4) is 11.1 Å². The smallest absolute Gasteiger partial charge is 0.0587 e. The van der Waals surface area contributed by atoms with Crippen molar-refractivity contribution in [3.05, 3.63) is 128 Å². The lowest BCUT2D eigenvalue weighted by Crippen LogP contribution is -2.30. The zero-order chi connectivity index (χ0) is 34.4. The van der Waals surface area contributed by atoms with Crippen LogP contribution in [0, 0.1) is 13.8 Å². The van der Waals surface area contributed by atoms with Gasteiger partial charge >= 0.3 is 0 Å². The summed E-state index contributed by atoms with van der Waals surface area (Å²) in [6, 6.07) is 31.4. The van der Waals surface area contributed by atoms with Gasteiger partial charge in [-0.25, -0.2) is 0 Å². The Morgan fingerprint density at radius 3 is 0.941 bits per heavy atom. The lowest BCUT2D eigenvalue weighted by atomic mass is 9.64. The Hall–Kier alpha value is -3.12. The third kappa shape index (κ3) is 6.25. The predicted octanol–water partition coefficient (Wildman–Crippen LogP) is 14.9. The second-order valence-corrected chi connectivity index (χ2v) is 18.0. The molecule has 4 saturated carbocycles. The van der Waals surface area contributed by atoms with E-state index in [9.17, 15) is 0 Å². The molecule has 5 aliphatic rings. The molecule has 9 rings (SSSR count). The summed E-state index contributed by atoms with van der Waals surface area (Å²) in [6.45, 7) is 4.66. The van der Waals surface area contributed by atoms with Crippen molar-refractivity contribution in [1.29, 1.82) is 0 Å². The molecule has 0 radical (unpaired) electrons. The van der Waals surface area contributed by atoms with Crippen LogP contribution in [0.15, 0.2) is 72.8 Å². The van der Waals surface area contributed by atoms with E-state index in [1.165, 1.54) is 162 Å². The third-order valence-corrected chi connectivity index (χ3v) is 14.6. The van der Waals surface area contributed by atoms with Gasteiger partial charge in [0.1, 0.15) is 0 Å². The lowest BCUT2D eigenvalue weighted by Gasteiger charge is -2.38. The van der Waals surface area contributed by atoms with E-state index >= 15 is 0 Å². The summed E-state index contributed by atoms with van der Waals surface area (Å²) in [5.74, 6) is 2.78. The first-order chi connectivity index (χ1) is 25.1. The molecule has 0 nitrogen and oxygen atoms in total. The molecular weight excluding hydrogens is 613 g/mol. The van der Waals surface area contributed by atoms with Crippen LogP contribution in [-0.4, -0.2) is 0 Å². The summed E-state index contributed by atoms with van der Waals surface area (Å²) in [5, 5.41) is 0. The molecule has 0 amide bonds. The van der Waals surface area contributed by atoms with Crippen LogP contribution in [0.4, 0.5) is 0 Å². The third-order valence-electron chi connectivity index (χ3n) is 14.6. The molecule has 0 aliphatic heterocycles. The Morgan fingerprint density at radius 1 is 0.353 bits per heavy atom. The fraction of sp³-hybridized carbons (Fsp3) is 0.529. The second kappa shape index (κ2) is 14.4. The number of aryl methyl sites for hydroxylation is 2. The Balaban J connectivity index is 1.36. The second-order valence-electron chi connectivity index (χ2n) is 18.0. The molecule has 4 aromatic rings. The number of hydrogen-bond acceptors (Lipinski definition) is 0. The highest BCUT2D eigenvalue weighted by Crippen LogP contribution is 2.58. The molecule has 0 saturated heterocycles. The summed E-state index contributed by atoms with van der Waals surface area (Å²) >= 11 is 0. The van der Waals surface area contributed by atoms with Gasteiger partial charge in [0.05, 0.1) is 5.41 Å². The molecular formula is C51H62. The highest BCUT2D eigenvalue weighted by atomic mass is 14.5. The molecule has 5 aliphatic carbocycles. The van der Waals surface area contributed by atoms with Crippen molar-refractivity contribution in [2.75, 3.05) is 0 Å². The van der Waals surface area contributed by atoms with E-state index in [2.05, 4.69) is 86.6 Å². The average Bonchev–Trinajstić information content (AvgIpc) is 3.48. The summed E-state index contributed by atoms with van der Waals surface area (Å²) in [5.41, 5.74) is 18.2. The number of fused-ring (bicyclic) bond motifs is 3. The quantitative estimate of drug-likeness (QED) is 0.168. The molecule has 0 heteroatoms. The summed E-state index contributed by atoms with van der Waals surface area (Å²) in [6.07, 6.45) is 27.6. The van der Waals surface area contributed by atoms with E-state index in [0.29, 0.717) is 23.7 Å². The first kappa shape index (κ1) is 33.7. The van der Waals surface area contributed by atoms with E-state index in [4.69, 9.17) is 0 Å². The topological polar surface area (TPSA) is 0 Å². The van der Waals surface area contributed by atoms with Gasteiger partial charge in [0, 0.05) is 0 Å². The molecule has 0 unspecified atom stereocenters. The molecule has 51 heavy (non-hydrogen) atoms. The standard InChI is InChI=1S/C51H62/c1-35-23-25-47-48-26-24-36(2)28-50(48)51(49(47)27-35,45-31-41(37-15-7-3-8-16-37)29-42(32-45)38-17-9-4-10-18-38)46-33-43(39-19-11-5-12-20-39)30-44(34-46)40-21-13-6-14-22-40/h23-34,37-40H,3-22H2,1-2H3. The minimum atomic E-state index is -0.315. The predicted molar refractivity (Wildman–Crippen MR) is 217 cm³/mol. The fourth-order valence-electron chi connectivity index (χ4n) is 11.8. The van der Waals surface area contributed by atoms with E-state index in [1.54, 1.807) is 33.4 Å². The van der Waals surface area contributed by atoms with Crippen LogP contribution in [0.1, 0.15) is 208 Å². The molecule has 4 aromatic carbocycles. The van der Waals surface area contributed by atoms with Crippen molar-refractivity contribution < 1.29 is 0 Å². The van der Waals surface area contributed by atoms with Crippen LogP contribution in [0.25, 0.3) is 11.1 Å². The average molecular weight is 675 g/mol. The first-order valence-electron chi connectivity index (χ1n) is 21.6. The monoisotopic (exact) mass is 674 g/mol. The zero-order valence-corrected chi connectivity index (χ0v) is 31.9. The maximum Gasteiger partial charge on any atom is 0.0714 e. The van der Waals surface area contributed by atoms with Gasteiger partial charge in [-0.05, 0) is 145 Å². The molecule has 4 fully saturated rings. The van der Waals surface area contributed by atoms with Crippen LogP contribution in [0.2, 0.25) is 0 Å². The molecule has 0 N–H and O–H groups in total. The summed E-state index contributed by atoms with van der Waals surface area (Å²) in [7, 11) is 0. The van der Waals surface area contributed by atoms with Crippen molar-refractivity contribution in [2.24, 2.45) is 0 Å². The van der Waals surface area contributed by atoms with Gasteiger partial charge in [0.25, 0.3) is 0 Å². The van der Waals surface area contributed by atoms with Crippen LogP contribution in [0.5, 0.6) is 0 Å². The van der Waals surface area contributed by atoms with E-state index in [1.807, 2.05) is 0 Å². The van der Waals surface area contributed by atoms with Gasteiger partial charge in [-0.15, -0.1) is 0 Å². The van der Waals surface area contributed by atoms with E-state index in [0.717, 1.165) is 0 Å². The van der Waals surface area contributed by atoms with E-state index < -0.39 is 0 Å². The van der Waals surface area contributed by atoms with Crippen molar-refractivity contribution in [1.82, 2.24) is 0 Å². The summed E-state index contributed by atoms with van der Waals surface area (Å²) < 4.78 is 0. The highest BCUT2D eigenvalue weighted by molar-refractivity contribution is 5.87. The molecule has 266 valence electrons. The van der Waals surface area contributed by atoms with Crippen LogP contribution in [0.3, 0.4) is 0 Å². The van der Waals surface area contributed by atoms with Crippen molar-refractivity contribution in [2.45, 2.75) is 171 Å². The Bertz CT molecular complexity index is 1640. The first-order valence-corrected chi connectivity index (χ1v) is 21.6. The molecule has 0 aromatic heterocycles. The Kier molecular flexibility index (Phi) is 9.49. The van der Waals surface area contributed by atoms with E-state index in [-0.39, 0.29) is 5.41 Å². The maximum atomic E-state index is 2.76. The number of benzene rings is 4. The van der Waals surface area contributed by atoms with Gasteiger partial charge in [-0.2, -0.15) is 0 Å². The summed E-state index contributed by atoms with van der Waals surface area (Å²) in [4.78, 5) is 0. The van der Waals surface area contributed by atoms with Crippen LogP contribution in [-0.2, 0) is 5.41 Å². The van der Waals surface area contributed by atoms with Gasteiger partial charge in [0.2, 0.25) is 0 Å².